The number of rotatable bonds is 6. The molecule has 0 aromatic carbocycles. The van der Waals surface area contributed by atoms with Crippen molar-refractivity contribution in [2.45, 2.75) is 13.3 Å². The van der Waals surface area contributed by atoms with Gasteiger partial charge in [-0.3, -0.25) is 4.79 Å². The van der Waals surface area contributed by atoms with Crippen molar-refractivity contribution >= 4 is 23.8 Å². The molecule has 0 unspecified atom stereocenters. The van der Waals surface area contributed by atoms with E-state index in [4.69, 9.17) is 9.47 Å². The molecule has 0 radical (unpaired) electrons. The summed E-state index contributed by atoms with van der Waals surface area (Å²) in [5, 5.41) is 0. The third kappa shape index (κ3) is 4.03. The highest BCUT2D eigenvalue weighted by molar-refractivity contribution is 5.73. The first-order chi connectivity index (χ1) is 12.2. The average Bonchev–Trinajstić information content (AvgIpc) is 3.02. The number of hydrogen-bond acceptors (Lipinski definition) is 5. The largest absolute Gasteiger partial charge is 0.481 e. The number of imidazole rings is 1. The van der Waals surface area contributed by atoms with Crippen LogP contribution in [-0.2, 0) is 16.0 Å². The Morgan fingerprint density at radius 2 is 2.12 bits per heavy atom. The van der Waals surface area contributed by atoms with Crippen molar-refractivity contribution < 1.29 is 14.3 Å². The summed E-state index contributed by atoms with van der Waals surface area (Å²) in [7, 11) is 1.59. The van der Waals surface area contributed by atoms with E-state index < -0.39 is 0 Å². The van der Waals surface area contributed by atoms with E-state index in [0.717, 1.165) is 22.6 Å². The lowest BCUT2D eigenvalue weighted by molar-refractivity contribution is -0.142. The summed E-state index contributed by atoms with van der Waals surface area (Å²) in [4.78, 5) is 20.4. The molecule has 128 valence electrons. The number of esters is 1. The lowest BCUT2D eigenvalue weighted by atomic mass is 10.2. The third-order valence-electron chi connectivity index (χ3n) is 3.64. The Bertz CT molecular complexity index is 915. The van der Waals surface area contributed by atoms with Crippen molar-refractivity contribution in [3.63, 3.8) is 0 Å². The number of ether oxygens (including phenoxy) is 2. The summed E-state index contributed by atoms with van der Waals surface area (Å²) >= 11 is 0. The summed E-state index contributed by atoms with van der Waals surface area (Å²) in [5.41, 5.74) is 3.36. The fraction of sp³-hybridized carbons (Fsp3) is 0.211. The second-order valence-electron chi connectivity index (χ2n) is 5.36. The van der Waals surface area contributed by atoms with Gasteiger partial charge in [-0.25, -0.2) is 9.97 Å². The van der Waals surface area contributed by atoms with Crippen LogP contribution in [-0.4, -0.2) is 34.1 Å². The molecule has 0 bridgehead atoms. The van der Waals surface area contributed by atoms with Gasteiger partial charge in [0, 0.05) is 18.5 Å². The molecule has 0 aliphatic carbocycles. The van der Waals surface area contributed by atoms with Gasteiger partial charge in [-0.05, 0) is 36.8 Å². The van der Waals surface area contributed by atoms with Crippen LogP contribution in [0.3, 0.4) is 0 Å². The highest BCUT2D eigenvalue weighted by atomic mass is 16.5. The molecular formula is C19H19N3O3. The SMILES string of the molecule is CCOC(=O)Cc1cnc2ccc(/C=C\c3cccc(OC)n3)cn12. The van der Waals surface area contributed by atoms with Gasteiger partial charge in [0.2, 0.25) is 5.88 Å². The predicted molar refractivity (Wildman–Crippen MR) is 95.2 cm³/mol. The van der Waals surface area contributed by atoms with E-state index in [1.165, 1.54) is 0 Å². The number of carbonyl (C=O) groups is 1. The molecule has 6 heteroatoms. The molecule has 0 saturated heterocycles. The molecule has 0 atom stereocenters. The lowest BCUT2D eigenvalue weighted by Gasteiger charge is -2.03. The smallest absolute Gasteiger partial charge is 0.311 e. The Morgan fingerprint density at radius 3 is 2.92 bits per heavy atom. The Labute approximate surface area is 145 Å². The topological polar surface area (TPSA) is 65.7 Å². The summed E-state index contributed by atoms with van der Waals surface area (Å²) in [6, 6.07) is 9.47. The van der Waals surface area contributed by atoms with Crippen LogP contribution in [0, 0.1) is 0 Å². The highest BCUT2D eigenvalue weighted by Crippen LogP contribution is 2.14. The van der Waals surface area contributed by atoms with Crippen LogP contribution >= 0.6 is 0 Å². The number of pyridine rings is 2. The molecule has 0 amide bonds. The van der Waals surface area contributed by atoms with Gasteiger partial charge < -0.3 is 13.9 Å². The molecule has 0 aliphatic rings. The van der Waals surface area contributed by atoms with E-state index in [1.807, 2.05) is 47.0 Å². The van der Waals surface area contributed by atoms with Crippen molar-refractivity contribution in [3.05, 3.63) is 59.7 Å². The minimum atomic E-state index is -0.258. The molecule has 25 heavy (non-hydrogen) atoms. The predicted octanol–water partition coefficient (Wildman–Crippen LogP) is 3.01. The minimum absolute atomic E-state index is 0.194. The molecule has 6 nitrogen and oxygen atoms in total. The molecule has 0 N–H and O–H groups in total. The first-order valence-electron chi connectivity index (χ1n) is 8.00. The van der Waals surface area contributed by atoms with E-state index in [0.29, 0.717) is 12.5 Å². The van der Waals surface area contributed by atoms with Gasteiger partial charge in [0.1, 0.15) is 5.65 Å². The number of nitrogens with zero attached hydrogens (tertiary/aromatic N) is 3. The highest BCUT2D eigenvalue weighted by Gasteiger charge is 2.09. The Morgan fingerprint density at radius 1 is 1.24 bits per heavy atom. The number of methoxy groups -OCH3 is 1. The van der Waals surface area contributed by atoms with Gasteiger partial charge in [0.05, 0.1) is 31.5 Å². The van der Waals surface area contributed by atoms with Gasteiger partial charge in [-0.1, -0.05) is 12.1 Å². The molecule has 3 heterocycles. The first kappa shape index (κ1) is 16.7. The molecule has 0 fully saturated rings. The second kappa shape index (κ2) is 7.61. The standard InChI is InChI=1S/C19H19N3O3/c1-3-25-19(23)11-16-12-20-17-10-8-14(13-22(16)17)7-9-15-5-4-6-18(21-15)24-2/h4-10,12-13H,3,11H2,1-2H3/b9-7-. The van der Waals surface area contributed by atoms with E-state index >= 15 is 0 Å². The average molecular weight is 337 g/mol. The van der Waals surface area contributed by atoms with Crippen molar-refractivity contribution in [2.24, 2.45) is 0 Å². The summed E-state index contributed by atoms with van der Waals surface area (Å²) in [6.07, 6.45) is 7.69. The van der Waals surface area contributed by atoms with Crippen LogP contribution in [0.4, 0.5) is 0 Å². The van der Waals surface area contributed by atoms with Gasteiger partial charge in [0.25, 0.3) is 0 Å². The van der Waals surface area contributed by atoms with Gasteiger partial charge in [-0.2, -0.15) is 0 Å². The molecule has 0 spiro atoms. The fourth-order valence-electron chi connectivity index (χ4n) is 2.46. The summed E-state index contributed by atoms with van der Waals surface area (Å²) < 4.78 is 12.0. The summed E-state index contributed by atoms with van der Waals surface area (Å²) in [6.45, 7) is 2.17. The van der Waals surface area contributed by atoms with Gasteiger partial charge in [0.15, 0.2) is 0 Å². The zero-order valence-electron chi connectivity index (χ0n) is 14.2. The van der Waals surface area contributed by atoms with E-state index in [2.05, 4.69) is 9.97 Å². The van der Waals surface area contributed by atoms with Crippen LogP contribution < -0.4 is 4.74 Å². The third-order valence-corrected chi connectivity index (χ3v) is 3.64. The van der Waals surface area contributed by atoms with Gasteiger partial charge >= 0.3 is 5.97 Å². The molecule has 3 aromatic heterocycles. The monoisotopic (exact) mass is 337 g/mol. The van der Waals surface area contributed by atoms with E-state index in [1.54, 1.807) is 26.3 Å². The Balaban J connectivity index is 1.84. The van der Waals surface area contributed by atoms with Gasteiger partial charge in [-0.15, -0.1) is 0 Å². The van der Waals surface area contributed by atoms with Crippen molar-refractivity contribution in [3.8, 4) is 5.88 Å². The van der Waals surface area contributed by atoms with Crippen molar-refractivity contribution in [1.82, 2.24) is 14.4 Å². The number of fused-ring (bicyclic) bond motifs is 1. The number of aromatic nitrogens is 3. The Kier molecular flexibility index (Phi) is 5.09. The lowest BCUT2D eigenvalue weighted by Crippen LogP contribution is -2.09. The normalized spacial score (nSPS) is 11.1. The zero-order chi connectivity index (χ0) is 17.6. The number of carbonyl (C=O) groups excluding carboxylic acids is 1. The summed E-state index contributed by atoms with van der Waals surface area (Å²) in [5.74, 6) is 0.315. The molecule has 3 rings (SSSR count). The van der Waals surface area contributed by atoms with Crippen LogP contribution in [0.15, 0.2) is 42.7 Å². The zero-order valence-corrected chi connectivity index (χ0v) is 14.2. The van der Waals surface area contributed by atoms with Crippen LogP contribution in [0.25, 0.3) is 17.8 Å². The Hall–Kier alpha value is -3.15. The number of hydrogen-bond donors (Lipinski definition) is 0. The van der Waals surface area contributed by atoms with Crippen LogP contribution in [0.2, 0.25) is 0 Å². The molecular weight excluding hydrogens is 318 g/mol. The first-order valence-corrected chi connectivity index (χ1v) is 8.00. The maximum absolute atomic E-state index is 11.7. The van der Waals surface area contributed by atoms with Crippen LogP contribution in [0.1, 0.15) is 23.9 Å². The molecule has 0 aliphatic heterocycles. The van der Waals surface area contributed by atoms with Crippen molar-refractivity contribution in [2.75, 3.05) is 13.7 Å². The van der Waals surface area contributed by atoms with Crippen molar-refractivity contribution in [1.29, 1.82) is 0 Å². The van der Waals surface area contributed by atoms with E-state index in [9.17, 15) is 4.79 Å². The minimum Gasteiger partial charge on any atom is -0.481 e. The molecule has 0 saturated carbocycles. The van der Waals surface area contributed by atoms with E-state index in [-0.39, 0.29) is 12.4 Å². The quantitative estimate of drug-likeness (QED) is 0.647. The fourth-order valence-corrected chi connectivity index (χ4v) is 2.46. The maximum Gasteiger partial charge on any atom is 0.311 e. The van der Waals surface area contributed by atoms with Crippen LogP contribution in [0.5, 0.6) is 5.88 Å². The second-order valence-corrected chi connectivity index (χ2v) is 5.36. The maximum atomic E-state index is 11.7. The molecule has 3 aromatic rings.